The van der Waals surface area contributed by atoms with E-state index >= 15 is 0 Å². The van der Waals surface area contributed by atoms with E-state index in [4.69, 9.17) is 0 Å². The Labute approximate surface area is 165 Å². The highest BCUT2D eigenvalue weighted by atomic mass is 32.2. The minimum atomic E-state index is -4.58. The highest BCUT2D eigenvalue weighted by Gasteiger charge is 2.37. The van der Waals surface area contributed by atoms with Gasteiger partial charge >= 0.3 is 6.18 Å². The molecule has 1 aliphatic rings. The van der Waals surface area contributed by atoms with Crippen LogP contribution in [0.4, 0.5) is 24.5 Å². The molecule has 0 radical (unpaired) electrons. The van der Waals surface area contributed by atoms with Gasteiger partial charge in [0.15, 0.2) is 5.16 Å². The van der Waals surface area contributed by atoms with Gasteiger partial charge in [0.2, 0.25) is 11.7 Å². The summed E-state index contributed by atoms with van der Waals surface area (Å²) >= 11 is 0.929. The van der Waals surface area contributed by atoms with Crippen LogP contribution < -0.4 is 10.2 Å². The number of nitrogens with one attached hydrogen (secondary N) is 1. The van der Waals surface area contributed by atoms with Gasteiger partial charge in [-0.3, -0.25) is 4.79 Å². The predicted octanol–water partition coefficient (Wildman–Crippen LogP) is 3.94. The first-order chi connectivity index (χ1) is 13.3. The van der Waals surface area contributed by atoms with Crippen molar-refractivity contribution in [1.82, 2.24) is 14.8 Å². The first-order valence-electron chi connectivity index (χ1n) is 9.05. The zero-order valence-corrected chi connectivity index (χ0v) is 16.5. The molecule has 1 saturated heterocycles. The van der Waals surface area contributed by atoms with Crippen LogP contribution >= 0.6 is 11.8 Å². The van der Waals surface area contributed by atoms with Crippen LogP contribution in [0.15, 0.2) is 29.4 Å². The smallest absolute Gasteiger partial charge is 0.372 e. The van der Waals surface area contributed by atoms with Gasteiger partial charge in [-0.2, -0.15) is 13.2 Å². The van der Waals surface area contributed by atoms with E-state index in [9.17, 15) is 18.0 Å². The summed E-state index contributed by atoms with van der Waals surface area (Å²) in [5.41, 5.74) is 1.77. The molecule has 0 saturated carbocycles. The minimum absolute atomic E-state index is 0.0374. The summed E-state index contributed by atoms with van der Waals surface area (Å²) in [5, 5.41) is 8.91. The number of anilines is 2. The first kappa shape index (κ1) is 20.5. The van der Waals surface area contributed by atoms with E-state index in [0.717, 1.165) is 35.1 Å². The fourth-order valence-electron chi connectivity index (χ4n) is 3.03. The zero-order chi connectivity index (χ0) is 20.3. The maximum absolute atomic E-state index is 12.8. The molecule has 3 rings (SSSR count). The topological polar surface area (TPSA) is 63.1 Å². The van der Waals surface area contributed by atoms with Crippen LogP contribution in [-0.2, 0) is 18.0 Å². The van der Waals surface area contributed by atoms with E-state index in [1.165, 1.54) is 26.3 Å². The predicted molar refractivity (Wildman–Crippen MR) is 102 cm³/mol. The van der Waals surface area contributed by atoms with Crippen molar-refractivity contribution in [3.8, 4) is 0 Å². The molecule has 1 N–H and O–H groups in total. The van der Waals surface area contributed by atoms with Crippen LogP contribution in [0.3, 0.4) is 0 Å². The molecule has 0 unspecified atom stereocenters. The third-order valence-electron chi connectivity index (χ3n) is 4.60. The summed E-state index contributed by atoms with van der Waals surface area (Å²) in [6, 6.07) is 7.61. The highest BCUT2D eigenvalue weighted by Crippen LogP contribution is 2.31. The van der Waals surface area contributed by atoms with Crippen LogP contribution in [-0.4, -0.2) is 39.0 Å². The third kappa shape index (κ3) is 4.78. The van der Waals surface area contributed by atoms with Crippen molar-refractivity contribution in [2.24, 2.45) is 7.05 Å². The SMILES string of the molecule is C[C@@H](Sc1nnc(C(F)(F)F)n1C)C(=O)Nc1ccc(N2CCCCC2)cc1. The molecule has 2 heterocycles. The monoisotopic (exact) mass is 413 g/mol. The second-order valence-corrected chi connectivity index (χ2v) is 8.01. The van der Waals surface area contributed by atoms with Crippen molar-refractivity contribution < 1.29 is 18.0 Å². The van der Waals surface area contributed by atoms with Gasteiger partial charge in [-0.15, -0.1) is 10.2 Å². The molecule has 1 fully saturated rings. The Balaban J connectivity index is 1.59. The second kappa shape index (κ2) is 8.42. The van der Waals surface area contributed by atoms with Crippen molar-refractivity contribution in [2.45, 2.75) is 42.8 Å². The Bertz CT molecular complexity index is 816. The van der Waals surface area contributed by atoms with Crippen molar-refractivity contribution in [3.05, 3.63) is 30.1 Å². The van der Waals surface area contributed by atoms with E-state index in [2.05, 4.69) is 20.4 Å². The van der Waals surface area contributed by atoms with Gasteiger partial charge in [0.25, 0.3) is 0 Å². The zero-order valence-electron chi connectivity index (χ0n) is 15.7. The number of hydrogen-bond acceptors (Lipinski definition) is 5. The molecule has 152 valence electrons. The molecule has 2 aromatic rings. The Morgan fingerprint density at radius 3 is 2.36 bits per heavy atom. The van der Waals surface area contributed by atoms with E-state index in [0.29, 0.717) is 5.69 Å². The molecule has 10 heteroatoms. The van der Waals surface area contributed by atoms with E-state index in [1.807, 2.05) is 24.3 Å². The third-order valence-corrected chi connectivity index (χ3v) is 5.73. The van der Waals surface area contributed by atoms with Crippen molar-refractivity contribution in [3.63, 3.8) is 0 Å². The van der Waals surface area contributed by atoms with Crippen molar-refractivity contribution in [2.75, 3.05) is 23.3 Å². The van der Waals surface area contributed by atoms with Gasteiger partial charge in [-0.1, -0.05) is 11.8 Å². The average molecular weight is 413 g/mol. The standard InChI is InChI=1S/C18H22F3N5OS/c1-12(28-17-24-23-16(25(17)2)18(19,20)21)15(27)22-13-6-8-14(9-7-13)26-10-4-3-5-11-26/h6-9,12H,3-5,10-11H2,1-2H3,(H,22,27)/t12-/m1/s1. The second-order valence-electron chi connectivity index (χ2n) is 6.71. The number of halogens is 3. The number of benzene rings is 1. The van der Waals surface area contributed by atoms with E-state index in [1.54, 1.807) is 6.92 Å². The summed E-state index contributed by atoms with van der Waals surface area (Å²) in [5.74, 6) is -1.40. The number of nitrogens with zero attached hydrogens (tertiary/aromatic N) is 4. The van der Waals surface area contributed by atoms with Gasteiger partial charge < -0.3 is 14.8 Å². The number of amides is 1. The average Bonchev–Trinajstić information content (AvgIpc) is 3.03. The Kier molecular flexibility index (Phi) is 6.17. The van der Waals surface area contributed by atoms with Crippen LogP contribution in [0.1, 0.15) is 32.0 Å². The number of carbonyl (C=O) groups excluding carboxylic acids is 1. The summed E-state index contributed by atoms with van der Waals surface area (Å²) in [6.07, 6.45) is -0.949. The first-order valence-corrected chi connectivity index (χ1v) is 9.93. The van der Waals surface area contributed by atoms with Crippen LogP contribution in [0.5, 0.6) is 0 Å². The Morgan fingerprint density at radius 1 is 1.14 bits per heavy atom. The fourth-order valence-corrected chi connectivity index (χ4v) is 3.84. The normalized spacial score (nSPS) is 16.1. The fraction of sp³-hybridized carbons (Fsp3) is 0.500. The quantitative estimate of drug-likeness (QED) is 0.753. The van der Waals surface area contributed by atoms with Gasteiger partial charge in [-0.05, 0) is 50.5 Å². The summed E-state index contributed by atoms with van der Waals surface area (Å²) in [4.78, 5) is 14.7. The molecule has 0 aliphatic carbocycles. The molecular weight excluding hydrogens is 391 g/mol. The molecule has 1 aromatic carbocycles. The van der Waals surface area contributed by atoms with Crippen LogP contribution in [0.2, 0.25) is 0 Å². The molecule has 0 spiro atoms. The number of carbonyl (C=O) groups is 1. The lowest BCUT2D eigenvalue weighted by Gasteiger charge is -2.28. The molecule has 1 aliphatic heterocycles. The van der Waals surface area contributed by atoms with Gasteiger partial charge in [0, 0.05) is 31.5 Å². The summed E-state index contributed by atoms with van der Waals surface area (Å²) in [7, 11) is 1.23. The maximum Gasteiger partial charge on any atom is 0.451 e. The lowest BCUT2D eigenvalue weighted by atomic mass is 10.1. The van der Waals surface area contributed by atoms with Gasteiger partial charge in [-0.25, -0.2) is 0 Å². The number of piperidine rings is 1. The maximum atomic E-state index is 12.8. The van der Waals surface area contributed by atoms with E-state index in [-0.39, 0.29) is 11.1 Å². The lowest BCUT2D eigenvalue weighted by molar-refractivity contribution is -0.147. The lowest BCUT2D eigenvalue weighted by Crippen LogP contribution is -2.29. The van der Waals surface area contributed by atoms with Gasteiger partial charge in [0.1, 0.15) is 0 Å². The number of thioether (sulfide) groups is 1. The number of aromatic nitrogens is 3. The highest BCUT2D eigenvalue weighted by molar-refractivity contribution is 8.00. The Morgan fingerprint density at radius 2 is 1.79 bits per heavy atom. The number of rotatable bonds is 5. The molecule has 1 atom stereocenters. The van der Waals surface area contributed by atoms with Crippen LogP contribution in [0.25, 0.3) is 0 Å². The molecule has 1 aromatic heterocycles. The number of alkyl halides is 3. The molecular formula is C18H22F3N5OS. The summed E-state index contributed by atoms with van der Waals surface area (Å²) < 4.78 is 39.2. The van der Waals surface area contributed by atoms with Gasteiger partial charge in [0.05, 0.1) is 5.25 Å². The van der Waals surface area contributed by atoms with E-state index < -0.39 is 17.3 Å². The van der Waals surface area contributed by atoms with Crippen molar-refractivity contribution in [1.29, 1.82) is 0 Å². The van der Waals surface area contributed by atoms with Crippen LogP contribution in [0, 0.1) is 0 Å². The summed E-state index contributed by atoms with van der Waals surface area (Å²) in [6.45, 7) is 3.69. The van der Waals surface area contributed by atoms with Crippen molar-refractivity contribution >= 4 is 29.0 Å². The Hall–Kier alpha value is -2.23. The molecule has 6 nitrogen and oxygen atoms in total. The molecule has 0 bridgehead atoms. The molecule has 1 amide bonds. The molecule has 28 heavy (non-hydrogen) atoms. The largest absolute Gasteiger partial charge is 0.451 e. The number of hydrogen-bond donors (Lipinski definition) is 1. The minimum Gasteiger partial charge on any atom is -0.372 e.